The summed E-state index contributed by atoms with van der Waals surface area (Å²) in [6.07, 6.45) is 3.43. The number of methoxy groups -OCH3 is 1. The van der Waals surface area contributed by atoms with Crippen LogP contribution in [0.25, 0.3) is 16.7 Å². The van der Waals surface area contributed by atoms with Crippen LogP contribution >= 0.6 is 0 Å². The predicted octanol–water partition coefficient (Wildman–Crippen LogP) is 3.96. The van der Waals surface area contributed by atoms with E-state index in [-0.39, 0.29) is 5.91 Å². The molecule has 10 heteroatoms. The van der Waals surface area contributed by atoms with Gasteiger partial charge in [0.2, 0.25) is 0 Å². The molecule has 3 aromatic carbocycles. The molecule has 2 aromatic heterocycles. The Labute approximate surface area is 238 Å². The molecular formula is C31H31N7O3. The smallest absolute Gasteiger partial charge is 0.251 e. The van der Waals surface area contributed by atoms with Crippen molar-refractivity contribution in [1.29, 1.82) is 0 Å². The van der Waals surface area contributed by atoms with Gasteiger partial charge in [-0.3, -0.25) is 4.79 Å². The maximum atomic E-state index is 12.9. The molecule has 0 saturated carbocycles. The number of piperazine rings is 1. The van der Waals surface area contributed by atoms with Crippen molar-refractivity contribution in [2.24, 2.45) is 0 Å². The van der Waals surface area contributed by atoms with E-state index in [9.17, 15) is 4.79 Å². The molecule has 1 aliphatic rings. The zero-order chi connectivity index (χ0) is 28.0. The van der Waals surface area contributed by atoms with Gasteiger partial charge in [-0.05, 0) is 42.5 Å². The van der Waals surface area contributed by atoms with Crippen LogP contribution in [0.1, 0.15) is 10.4 Å². The standard InChI is InChI=1S/C31H31N7O3/c1-40-28-13-12-23(31(39)32-14-19-41-25-10-6-3-7-11-25)20-27(28)36-15-17-37(18-16-36)29-26-21-35-38(30(26)34-22-33-29)24-8-4-2-5-9-24/h2-13,20-22H,14-19H2,1H3,(H,32,39). The number of nitrogens with one attached hydrogen (secondary N) is 1. The van der Waals surface area contributed by atoms with Crippen LogP contribution in [0.3, 0.4) is 0 Å². The number of amides is 1. The Bertz CT molecular complexity index is 1620. The second-order valence-electron chi connectivity index (χ2n) is 9.60. The predicted molar refractivity (Wildman–Crippen MR) is 158 cm³/mol. The van der Waals surface area contributed by atoms with E-state index >= 15 is 0 Å². The van der Waals surface area contributed by atoms with Crippen LogP contribution in [0.4, 0.5) is 11.5 Å². The monoisotopic (exact) mass is 549 g/mol. The molecule has 6 rings (SSSR count). The molecule has 1 aliphatic heterocycles. The third kappa shape index (κ3) is 5.62. The number of hydrogen-bond acceptors (Lipinski definition) is 8. The van der Waals surface area contributed by atoms with E-state index in [2.05, 4.69) is 30.2 Å². The second kappa shape index (κ2) is 12.0. The highest BCUT2D eigenvalue weighted by Crippen LogP contribution is 2.32. The van der Waals surface area contributed by atoms with E-state index in [4.69, 9.17) is 9.47 Å². The number of rotatable bonds is 9. The minimum absolute atomic E-state index is 0.150. The summed E-state index contributed by atoms with van der Waals surface area (Å²) in [5, 5.41) is 8.45. The summed E-state index contributed by atoms with van der Waals surface area (Å²) in [6.45, 7) is 3.77. The first-order valence-electron chi connectivity index (χ1n) is 13.6. The molecule has 0 unspecified atom stereocenters. The highest BCUT2D eigenvalue weighted by Gasteiger charge is 2.24. The minimum Gasteiger partial charge on any atom is -0.495 e. The topological polar surface area (TPSA) is 97.6 Å². The molecule has 1 saturated heterocycles. The third-order valence-electron chi connectivity index (χ3n) is 7.11. The van der Waals surface area contributed by atoms with Gasteiger partial charge in [0.05, 0.1) is 36.6 Å². The number of carbonyl (C=O) groups is 1. The molecule has 0 radical (unpaired) electrons. The highest BCUT2D eigenvalue weighted by molar-refractivity contribution is 5.95. The third-order valence-corrected chi connectivity index (χ3v) is 7.11. The van der Waals surface area contributed by atoms with E-state index in [0.29, 0.717) is 18.7 Å². The van der Waals surface area contributed by atoms with E-state index in [1.807, 2.05) is 83.7 Å². The number of anilines is 2. The van der Waals surface area contributed by atoms with Gasteiger partial charge in [0.25, 0.3) is 5.91 Å². The molecule has 10 nitrogen and oxygen atoms in total. The maximum Gasteiger partial charge on any atom is 0.251 e. The zero-order valence-electron chi connectivity index (χ0n) is 22.8. The molecule has 3 heterocycles. The van der Waals surface area contributed by atoms with Crippen molar-refractivity contribution in [2.75, 3.05) is 56.2 Å². The number of fused-ring (bicyclic) bond motifs is 1. The molecule has 1 N–H and O–H groups in total. The fourth-order valence-electron chi connectivity index (χ4n) is 5.03. The van der Waals surface area contributed by atoms with Gasteiger partial charge >= 0.3 is 0 Å². The van der Waals surface area contributed by atoms with Crippen molar-refractivity contribution < 1.29 is 14.3 Å². The van der Waals surface area contributed by atoms with Crippen LogP contribution in [0.2, 0.25) is 0 Å². The summed E-state index contributed by atoms with van der Waals surface area (Å²) >= 11 is 0. The van der Waals surface area contributed by atoms with Crippen molar-refractivity contribution in [2.45, 2.75) is 0 Å². The Morgan fingerprint density at radius 2 is 1.63 bits per heavy atom. The first kappa shape index (κ1) is 26.1. The van der Waals surface area contributed by atoms with Crippen molar-refractivity contribution in [1.82, 2.24) is 25.1 Å². The fourth-order valence-corrected chi connectivity index (χ4v) is 5.03. The van der Waals surface area contributed by atoms with Gasteiger partial charge in [0.15, 0.2) is 5.65 Å². The number of benzene rings is 3. The summed E-state index contributed by atoms with van der Waals surface area (Å²) in [5.74, 6) is 2.23. The van der Waals surface area contributed by atoms with Gasteiger partial charge in [-0.1, -0.05) is 36.4 Å². The summed E-state index contributed by atoms with van der Waals surface area (Å²) in [6, 6.07) is 25.0. The SMILES string of the molecule is COc1ccc(C(=O)NCCOc2ccccc2)cc1N1CCN(c2ncnc3c2cnn3-c2ccccc2)CC1. The van der Waals surface area contributed by atoms with Crippen LogP contribution in [0.5, 0.6) is 11.5 Å². The normalized spacial score (nSPS) is 13.3. The van der Waals surface area contributed by atoms with Crippen molar-refractivity contribution >= 4 is 28.4 Å². The lowest BCUT2D eigenvalue weighted by Gasteiger charge is -2.37. The van der Waals surface area contributed by atoms with Crippen LogP contribution in [-0.2, 0) is 0 Å². The largest absolute Gasteiger partial charge is 0.495 e. The molecule has 0 bridgehead atoms. The zero-order valence-corrected chi connectivity index (χ0v) is 22.8. The van der Waals surface area contributed by atoms with E-state index in [1.54, 1.807) is 19.5 Å². The number of hydrogen-bond donors (Lipinski definition) is 1. The van der Waals surface area contributed by atoms with Gasteiger partial charge in [-0.25, -0.2) is 14.6 Å². The number of carbonyl (C=O) groups excluding carboxylic acids is 1. The Hall–Kier alpha value is -5.12. The molecule has 5 aromatic rings. The minimum atomic E-state index is -0.150. The first-order valence-corrected chi connectivity index (χ1v) is 13.6. The molecule has 1 amide bonds. The Morgan fingerprint density at radius 1 is 0.902 bits per heavy atom. The summed E-state index contributed by atoms with van der Waals surface area (Å²) in [4.78, 5) is 26.5. The van der Waals surface area contributed by atoms with Crippen LogP contribution < -0.4 is 24.6 Å². The first-order chi connectivity index (χ1) is 20.2. The average Bonchev–Trinajstić information content (AvgIpc) is 3.48. The van der Waals surface area contributed by atoms with Crippen molar-refractivity contribution in [3.05, 3.63) is 97.0 Å². The molecule has 0 aliphatic carbocycles. The van der Waals surface area contributed by atoms with E-state index in [1.165, 1.54) is 0 Å². The van der Waals surface area contributed by atoms with Gasteiger partial charge < -0.3 is 24.6 Å². The van der Waals surface area contributed by atoms with Gasteiger partial charge in [-0.2, -0.15) is 5.10 Å². The van der Waals surface area contributed by atoms with Gasteiger partial charge in [0, 0.05) is 31.7 Å². The van der Waals surface area contributed by atoms with Crippen LogP contribution in [0, 0.1) is 0 Å². The van der Waals surface area contributed by atoms with Crippen LogP contribution in [-0.4, -0.2) is 72.1 Å². The highest BCUT2D eigenvalue weighted by atomic mass is 16.5. The van der Waals surface area contributed by atoms with Crippen LogP contribution in [0.15, 0.2) is 91.4 Å². The van der Waals surface area contributed by atoms with Gasteiger partial charge in [0.1, 0.15) is 30.3 Å². The Balaban J connectivity index is 1.12. The molecule has 41 heavy (non-hydrogen) atoms. The van der Waals surface area contributed by atoms with E-state index in [0.717, 1.165) is 65.9 Å². The second-order valence-corrected chi connectivity index (χ2v) is 9.60. The lowest BCUT2D eigenvalue weighted by atomic mass is 10.1. The summed E-state index contributed by atoms with van der Waals surface area (Å²) < 4.78 is 13.2. The van der Waals surface area contributed by atoms with Crippen molar-refractivity contribution in [3.63, 3.8) is 0 Å². The number of nitrogens with zero attached hydrogens (tertiary/aromatic N) is 6. The Kier molecular flexibility index (Phi) is 7.61. The fraction of sp³-hybridized carbons (Fsp3) is 0.226. The number of para-hydroxylation sites is 2. The maximum absolute atomic E-state index is 12.9. The lowest BCUT2D eigenvalue weighted by molar-refractivity contribution is 0.0947. The molecule has 1 fully saturated rings. The summed E-state index contributed by atoms with van der Waals surface area (Å²) in [5.41, 5.74) is 3.20. The average molecular weight is 550 g/mol. The molecule has 0 spiro atoms. The molecule has 0 atom stereocenters. The van der Waals surface area contributed by atoms with E-state index < -0.39 is 0 Å². The molecule has 208 valence electrons. The van der Waals surface area contributed by atoms with Crippen molar-refractivity contribution in [3.8, 4) is 17.2 Å². The summed E-state index contributed by atoms with van der Waals surface area (Å²) in [7, 11) is 1.65. The number of ether oxygens (including phenoxy) is 2. The molecular weight excluding hydrogens is 518 g/mol. The Morgan fingerprint density at radius 3 is 2.39 bits per heavy atom. The van der Waals surface area contributed by atoms with Gasteiger partial charge in [-0.15, -0.1) is 0 Å². The quantitative estimate of drug-likeness (QED) is 0.276. The number of aromatic nitrogens is 4. The lowest BCUT2D eigenvalue weighted by Crippen LogP contribution is -2.47.